The first-order valence-electron chi connectivity index (χ1n) is 10.4. The number of hydrogen-bond donors (Lipinski definition) is 2. The number of nitrogens with one attached hydrogen (secondary N) is 2. The molecule has 0 aliphatic carbocycles. The third-order valence-electron chi connectivity index (χ3n) is 5.24. The van der Waals surface area contributed by atoms with E-state index in [4.69, 9.17) is 25.8 Å². The lowest BCUT2D eigenvalue weighted by Gasteiger charge is -2.19. The highest BCUT2D eigenvalue weighted by Crippen LogP contribution is 2.30. The second-order valence-corrected chi connectivity index (χ2v) is 8.88. The summed E-state index contributed by atoms with van der Waals surface area (Å²) >= 11 is 9.36. The van der Waals surface area contributed by atoms with Crippen LogP contribution in [0.25, 0.3) is 0 Å². The largest absolute Gasteiger partial charge is 0.496 e. The van der Waals surface area contributed by atoms with Crippen molar-refractivity contribution in [2.75, 3.05) is 32.7 Å². The van der Waals surface area contributed by atoms with Gasteiger partial charge >= 0.3 is 5.97 Å². The maximum atomic E-state index is 12.8. The maximum Gasteiger partial charge on any atom is 0.311 e. The van der Waals surface area contributed by atoms with E-state index in [-0.39, 0.29) is 30.0 Å². The van der Waals surface area contributed by atoms with Gasteiger partial charge in [-0.15, -0.1) is 0 Å². The van der Waals surface area contributed by atoms with Gasteiger partial charge in [0, 0.05) is 16.6 Å². The van der Waals surface area contributed by atoms with Crippen molar-refractivity contribution in [3.05, 3.63) is 51.0 Å². The fourth-order valence-electron chi connectivity index (χ4n) is 3.45. The summed E-state index contributed by atoms with van der Waals surface area (Å²) in [5, 5.41) is 4.08. The molecule has 1 fully saturated rings. The van der Waals surface area contributed by atoms with Gasteiger partial charge in [-0.1, -0.05) is 17.7 Å². The summed E-state index contributed by atoms with van der Waals surface area (Å²) in [5.41, 5.74) is 3.83. The zero-order valence-corrected chi connectivity index (χ0v) is 21.5. The van der Waals surface area contributed by atoms with Crippen molar-refractivity contribution < 1.29 is 33.4 Å². The molecule has 0 aromatic heterocycles. The highest BCUT2D eigenvalue weighted by atomic mass is 79.9. The second kappa shape index (κ2) is 11.4. The van der Waals surface area contributed by atoms with Gasteiger partial charge in [0.2, 0.25) is 5.91 Å². The van der Waals surface area contributed by atoms with Gasteiger partial charge in [0.25, 0.3) is 11.8 Å². The van der Waals surface area contributed by atoms with Gasteiger partial charge in [-0.2, -0.15) is 0 Å². The quantitative estimate of drug-likeness (QED) is 0.469. The molecule has 2 N–H and O–H groups in total. The third kappa shape index (κ3) is 6.23. The molecule has 1 aliphatic heterocycles. The predicted molar refractivity (Wildman–Crippen MR) is 130 cm³/mol. The molecule has 0 saturated carbocycles. The van der Waals surface area contributed by atoms with E-state index in [0.717, 1.165) is 10.6 Å². The fraction of sp³-hybridized carbons (Fsp3) is 0.304. The minimum absolute atomic E-state index is 0.107. The average molecular weight is 569 g/mol. The number of hydrogen-bond acceptors (Lipinski definition) is 7. The Balaban J connectivity index is 1.56. The molecule has 0 bridgehead atoms. The Morgan fingerprint density at radius 1 is 1.17 bits per heavy atom. The van der Waals surface area contributed by atoms with Crippen LogP contribution in [0, 0.1) is 12.8 Å². The topological polar surface area (TPSA) is 123 Å². The molecule has 12 heteroatoms. The zero-order chi connectivity index (χ0) is 25.7. The molecule has 186 valence electrons. The van der Waals surface area contributed by atoms with Crippen LogP contribution < -0.4 is 20.2 Å². The Kier molecular flexibility index (Phi) is 8.57. The molecule has 2 aromatic carbocycles. The molecule has 2 aromatic rings. The average Bonchev–Trinajstić information content (AvgIpc) is 3.20. The summed E-state index contributed by atoms with van der Waals surface area (Å²) in [6, 6.07) is 8.14. The van der Waals surface area contributed by atoms with E-state index in [0.29, 0.717) is 15.2 Å². The number of carbonyl (C=O) groups excluding carboxylic acids is 4. The van der Waals surface area contributed by atoms with Crippen molar-refractivity contribution in [3.63, 3.8) is 0 Å². The first-order chi connectivity index (χ1) is 16.6. The molecule has 3 amide bonds. The number of methoxy groups -OCH3 is 2. The summed E-state index contributed by atoms with van der Waals surface area (Å²) in [6.45, 7) is 1.14. The Bertz CT molecular complexity index is 1150. The van der Waals surface area contributed by atoms with Crippen LogP contribution >= 0.6 is 27.5 Å². The maximum absolute atomic E-state index is 12.8. The van der Waals surface area contributed by atoms with Crippen molar-refractivity contribution in [2.45, 2.75) is 13.3 Å². The number of anilines is 1. The Labute approximate surface area is 214 Å². The summed E-state index contributed by atoms with van der Waals surface area (Å²) < 4.78 is 16.2. The number of nitrogens with zero attached hydrogens (tertiary/aromatic N) is 1. The van der Waals surface area contributed by atoms with E-state index in [1.54, 1.807) is 37.3 Å². The van der Waals surface area contributed by atoms with Gasteiger partial charge in [0.15, 0.2) is 6.61 Å². The van der Waals surface area contributed by atoms with Crippen LogP contribution in [0.4, 0.5) is 5.69 Å². The van der Waals surface area contributed by atoms with E-state index >= 15 is 0 Å². The summed E-state index contributed by atoms with van der Waals surface area (Å²) in [4.78, 5) is 49.9. The Morgan fingerprint density at radius 2 is 1.83 bits per heavy atom. The van der Waals surface area contributed by atoms with Crippen LogP contribution in [0.15, 0.2) is 34.8 Å². The fourth-order valence-corrected chi connectivity index (χ4v) is 4.07. The van der Waals surface area contributed by atoms with Crippen molar-refractivity contribution in [3.8, 4) is 11.5 Å². The van der Waals surface area contributed by atoms with Gasteiger partial charge < -0.3 is 19.5 Å². The molecule has 0 unspecified atom stereocenters. The van der Waals surface area contributed by atoms with E-state index in [1.807, 2.05) is 0 Å². The van der Waals surface area contributed by atoms with Crippen LogP contribution in [-0.4, -0.2) is 56.1 Å². The lowest BCUT2D eigenvalue weighted by molar-refractivity contribution is -0.151. The smallest absolute Gasteiger partial charge is 0.311 e. The van der Waals surface area contributed by atoms with Gasteiger partial charge in [-0.3, -0.25) is 29.6 Å². The van der Waals surface area contributed by atoms with E-state index in [1.165, 1.54) is 14.2 Å². The van der Waals surface area contributed by atoms with Crippen molar-refractivity contribution in [1.29, 1.82) is 0 Å². The number of carbonyl (C=O) groups is 4. The highest BCUT2D eigenvalue weighted by molar-refractivity contribution is 9.10. The van der Waals surface area contributed by atoms with Crippen LogP contribution in [0.1, 0.15) is 22.3 Å². The molecular weight excluding hydrogens is 546 g/mol. The normalized spacial score (nSPS) is 14.9. The van der Waals surface area contributed by atoms with Gasteiger partial charge in [0.1, 0.15) is 17.1 Å². The molecule has 3 rings (SSSR count). The molecule has 1 heterocycles. The predicted octanol–water partition coefficient (Wildman–Crippen LogP) is 3.10. The van der Waals surface area contributed by atoms with Crippen LogP contribution in [0.3, 0.4) is 0 Å². The van der Waals surface area contributed by atoms with E-state index < -0.39 is 36.2 Å². The standard InChI is InChI=1S/C23H23BrClN3O7/c1-12-7-14(24)15(25)9-16(12)26-19(29)11-35-23(32)13-8-20(30)28(10-13)27-22(31)21-17(33-2)5-4-6-18(21)34-3/h4-7,9,13H,8,10-11H2,1-3H3,(H,26,29)(H,27,31)/t13-/m0/s1. The number of ether oxygens (including phenoxy) is 3. The number of aryl methyl sites for hydroxylation is 1. The van der Waals surface area contributed by atoms with E-state index in [9.17, 15) is 19.2 Å². The second-order valence-electron chi connectivity index (χ2n) is 7.62. The van der Waals surface area contributed by atoms with Gasteiger partial charge in [0.05, 0.1) is 31.7 Å². The molecule has 0 radical (unpaired) electrons. The summed E-state index contributed by atoms with van der Waals surface area (Å²) in [6.07, 6.45) is -0.175. The number of rotatable bonds is 8. The lowest BCUT2D eigenvalue weighted by atomic mass is 10.1. The van der Waals surface area contributed by atoms with Gasteiger partial charge in [-0.05, 0) is 52.7 Å². The van der Waals surface area contributed by atoms with Gasteiger partial charge in [-0.25, -0.2) is 0 Å². The lowest BCUT2D eigenvalue weighted by Crippen LogP contribution is -2.43. The minimum Gasteiger partial charge on any atom is -0.496 e. The first-order valence-corrected chi connectivity index (χ1v) is 11.6. The highest BCUT2D eigenvalue weighted by Gasteiger charge is 2.37. The first kappa shape index (κ1) is 26.3. The Morgan fingerprint density at radius 3 is 2.46 bits per heavy atom. The number of benzene rings is 2. The zero-order valence-electron chi connectivity index (χ0n) is 19.1. The van der Waals surface area contributed by atoms with Crippen molar-refractivity contribution >= 4 is 56.9 Å². The SMILES string of the molecule is COc1cccc(OC)c1C(=O)NN1C[C@@H](C(=O)OCC(=O)Nc2cc(Cl)c(Br)cc2C)CC1=O. The molecule has 35 heavy (non-hydrogen) atoms. The molecule has 1 saturated heterocycles. The molecular formula is C23H23BrClN3O7. The van der Waals surface area contributed by atoms with Crippen LogP contribution in [0.2, 0.25) is 5.02 Å². The molecule has 1 atom stereocenters. The van der Waals surface area contributed by atoms with Crippen molar-refractivity contribution in [2.24, 2.45) is 5.92 Å². The monoisotopic (exact) mass is 567 g/mol. The van der Waals surface area contributed by atoms with E-state index in [2.05, 4.69) is 26.7 Å². The van der Waals surface area contributed by atoms with Crippen LogP contribution in [0.5, 0.6) is 11.5 Å². The number of hydrazine groups is 1. The number of esters is 1. The Hall–Kier alpha value is -3.31. The summed E-state index contributed by atoms with van der Waals surface area (Å²) in [5.74, 6) is -2.72. The third-order valence-corrected chi connectivity index (χ3v) is 6.43. The summed E-state index contributed by atoms with van der Waals surface area (Å²) in [7, 11) is 2.81. The number of halogens is 2. The molecule has 10 nitrogen and oxygen atoms in total. The number of amides is 3. The van der Waals surface area contributed by atoms with Crippen molar-refractivity contribution in [1.82, 2.24) is 10.4 Å². The van der Waals surface area contributed by atoms with Crippen LogP contribution in [-0.2, 0) is 19.1 Å². The minimum atomic E-state index is -0.848. The molecule has 0 spiro atoms. The molecule has 1 aliphatic rings.